The molecule has 0 unspecified atom stereocenters. The lowest BCUT2D eigenvalue weighted by atomic mass is 10.1. The minimum atomic E-state index is -0.00687. The summed E-state index contributed by atoms with van der Waals surface area (Å²) in [4.78, 5) is 0. The van der Waals surface area contributed by atoms with Crippen molar-refractivity contribution >= 4 is 0 Å². The fourth-order valence-corrected chi connectivity index (χ4v) is 1.34. The van der Waals surface area contributed by atoms with Crippen LogP contribution in [-0.2, 0) is 18.9 Å². The standard InChI is InChI=1S/C12H27NO4/c1-12(2,11-15-4)13-5-6-16-9-10-17-8-7-14-3/h13H,5-11H2,1-4H3. The van der Waals surface area contributed by atoms with Gasteiger partial charge in [0.1, 0.15) is 0 Å². The zero-order valence-electron chi connectivity index (χ0n) is 11.6. The highest BCUT2D eigenvalue weighted by Crippen LogP contribution is 2.00. The number of hydrogen-bond acceptors (Lipinski definition) is 5. The fraction of sp³-hybridized carbons (Fsp3) is 1.00. The van der Waals surface area contributed by atoms with Crippen molar-refractivity contribution in [2.45, 2.75) is 19.4 Å². The van der Waals surface area contributed by atoms with E-state index in [1.807, 2.05) is 0 Å². The Kier molecular flexibility index (Phi) is 10.8. The zero-order chi connectivity index (χ0) is 13.0. The summed E-state index contributed by atoms with van der Waals surface area (Å²) in [7, 11) is 3.37. The number of hydrogen-bond donors (Lipinski definition) is 1. The van der Waals surface area contributed by atoms with Gasteiger partial charge in [0.05, 0.1) is 39.6 Å². The third kappa shape index (κ3) is 12.1. The number of ether oxygens (including phenoxy) is 4. The lowest BCUT2D eigenvalue weighted by Gasteiger charge is -2.25. The molecule has 0 aliphatic carbocycles. The second kappa shape index (κ2) is 10.9. The molecule has 0 radical (unpaired) electrons. The summed E-state index contributed by atoms with van der Waals surface area (Å²) in [5, 5.41) is 3.36. The van der Waals surface area contributed by atoms with Crippen molar-refractivity contribution in [3.8, 4) is 0 Å². The molecule has 0 aromatic rings. The van der Waals surface area contributed by atoms with E-state index in [9.17, 15) is 0 Å². The summed E-state index contributed by atoms with van der Waals surface area (Å²) in [6.45, 7) is 8.88. The maximum Gasteiger partial charge on any atom is 0.0701 e. The molecule has 0 heterocycles. The highest BCUT2D eigenvalue weighted by molar-refractivity contribution is 4.76. The minimum absolute atomic E-state index is 0.00687. The van der Waals surface area contributed by atoms with Crippen molar-refractivity contribution in [3.63, 3.8) is 0 Å². The van der Waals surface area contributed by atoms with E-state index in [-0.39, 0.29) is 5.54 Å². The quantitative estimate of drug-likeness (QED) is 0.515. The first-order valence-electron chi connectivity index (χ1n) is 6.01. The van der Waals surface area contributed by atoms with Crippen molar-refractivity contribution < 1.29 is 18.9 Å². The highest BCUT2D eigenvalue weighted by atomic mass is 16.5. The molecule has 0 aromatic heterocycles. The molecule has 0 bridgehead atoms. The Labute approximate surface area is 105 Å². The largest absolute Gasteiger partial charge is 0.383 e. The van der Waals surface area contributed by atoms with E-state index in [1.54, 1.807) is 14.2 Å². The van der Waals surface area contributed by atoms with Gasteiger partial charge in [-0.05, 0) is 13.8 Å². The molecular formula is C12H27NO4. The third-order valence-electron chi connectivity index (χ3n) is 2.16. The molecule has 0 fully saturated rings. The van der Waals surface area contributed by atoms with Crippen molar-refractivity contribution in [2.75, 3.05) is 60.4 Å². The predicted octanol–water partition coefficient (Wildman–Crippen LogP) is 0.681. The SMILES string of the molecule is COCCOCCOCCNC(C)(C)COC. The van der Waals surface area contributed by atoms with E-state index in [2.05, 4.69) is 19.2 Å². The third-order valence-corrected chi connectivity index (χ3v) is 2.16. The van der Waals surface area contributed by atoms with Gasteiger partial charge in [-0.3, -0.25) is 0 Å². The van der Waals surface area contributed by atoms with Crippen LogP contribution >= 0.6 is 0 Å². The van der Waals surface area contributed by atoms with Crippen LogP contribution in [0, 0.1) is 0 Å². The molecule has 0 spiro atoms. The van der Waals surface area contributed by atoms with Crippen LogP contribution in [0.4, 0.5) is 0 Å². The molecular weight excluding hydrogens is 222 g/mol. The van der Waals surface area contributed by atoms with Crippen LogP contribution in [-0.4, -0.2) is 65.9 Å². The van der Waals surface area contributed by atoms with Crippen molar-refractivity contribution in [2.24, 2.45) is 0 Å². The summed E-state index contributed by atoms with van der Waals surface area (Å²) in [5.74, 6) is 0. The van der Waals surface area contributed by atoms with E-state index < -0.39 is 0 Å². The van der Waals surface area contributed by atoms with Crippen molar-refractivity contribution in [3.05, 3.63) is 0 Å². The smallest absolute Gasteiger partial charge is 0.0701 e. The van der Waals surface area contributed by atoms with Crippen LogP contribution in [0.15, 0.2) is 0 Å². The number of nitrogens with one attached hydrogen (secondary N) is 1. The monoisotopic (exact) mass is 249 g/mol. The maximum atomic E-state index is 5.42. The molecule has 17 heavy (non-hydrogen) atoms. The van der Waals surface area contributed by atoms with Crippen LogP contribution in [0.25, 0.3) is 0 Å². The average Bonchev–Trinajstić information content (AvgIpc) is 2.27. The van der Waals surface area contributed by atoms with E-state index in [0.29, 0.717) is 39.6 Å². The number of methoxy groups -OCH3 is 2. The molecule has 0 rings (SSSR count). The topological polar surface area (TPSA) is 49.0 Å². The summed E-state index contributed by atoms with van der Waals surface area (Å²) in [6.07, 6.45) is 0. The Morgan fingerprint density at radius 2 is 1.41 bits per heavy atom. The van der Waals surface area contributed by atoms with Crippen molar-refractivity contribution in [1.82, 2.24) is 5.32 Å². The van der Waals surface area contributed by atoms with Crippen LogP contribution in [0.2, 0.25) is 0 Å². The summed E-state index contributed by atoms with van der Waals surface area (Å²) in [5.41, 5.74) is -0.00687. The fourth-order valence-electron chi connectivity index (χ4n) is 1.34. The molecule has 0 saturated heterocycles. The lowest BCUT2D eigenvalue weighted by Crippen LogP contribution is -2.44. The van der Waals surface area contributed by atoms with E-state index >= 15 is 0 Å². The molecule has 0 amide bonds. The molecule has 1 N–H and O–H groups in total. The zero-order valence-corrected chi connectivity index (χ0v) is 11.6. The van der Waals surface area contributed by atoms with E-state index in [4.69, 9.17) is 18.9 Å². The Morgan fingerprint density at radius 1 is 0.824 bits per heavy atom. The lowest BCUT2D eigenvalue weighted by molar-refractivity contribution is 0.0236. The Balaban J connectivity index is 3.18. The first kappa shape index (κ1) is 16.8. The normalized spacial score (nSPS) is 12.0. The van der Waals surface area contributed by atoms with Crippen LogP contribution < -0.4 is 5.32 Å². The Hall–Kier alpha value is -0.200. The van der Waals surface area contributed by atoms with Gasteiger partial charge in [0, 0.05) is 26.3 Å². The van der Waals surface area contributed by atoms with Gasteiger partial charge in [-0.1, -0.05) is 0 Å². The van der Waals surface area contributed by atoms with Crippen molar-refractivity contribution in [1.29, 1.82) is 0 Å². The molecule has 0 aliphatic rings. The molecule has 5 nitrogen and oxygen atoms in total. The van der Waals surface area contributed by atoms with Gasteiger partial charge in [-0.25, -0.2) is 0 Å². The molecule has 0 saturated carbocycles. The predicted molar refractivity (Wildman–Crippen MR) is 67.5 cm³/mol. The van der Waals surface area contributed by atoms with Gasteiger partial charge in [0.25, 0.3) is 0 Å². The van der Waals surface area contributed by atoms with Crippen LogP contribution in [0.5, 0.6) is 0 Å². The second-order valence-corrected chi connectivity index (χ2v) is 4.46. The summed E-state index contributed by atoms with van der Waals surface area (Å²) >= 11 is 0. The summed E-state index contributed by atoms with van der Waals surface area (Å²) in [6, 6.07) is 0. The second-order valence-electron chi connectivity index (χ2n) is 4.46. The molecule has 0 aliphatic heterocycles. The minimum Gasteiger partial charge on any atom is -0.383 e. The number of rotatable bonds is 12. The Morgan fingerprint density at radius 3 is 2.00 bits per heavy atom. The van der Waals surface area contributed by atoms with Gasteiger partial charge in [-0.2, -0.15) is 0 Å². The van der Waals surface area contributed by atoms with Crippen LogP contribution in [0.1, 0.15) is 13.8 Å². The molecule has 104 valence electrons. The van der Waals surface area contributed by atoms with Gasteiger partial charge in [-0.15, -0.1) is 0 Å². The van der Waals surface area contributed by atoms with Gasteiger partial charge < -0.3 is 24.3 Å². The maximum absolute atomic E-state index is 5.42. The van der Waals surface area contributed by atoms with Gasteiger partial charge >= 0.3 is 0 Å². The highest BCUT2D eigenvalue weighted by Gasteiger charge is 2.15. The molecule has 0 aromatic carbocycles. The summed E-state index contributed by atoms with van der Waals surface area (Å²) < 4.78 is 20.7. The van der Waals surface area contributed by atoms with E-state index in [1.165, 1.54) is 0 Å². The average molecular weight is 249 g/mol. The Bertz CT molecular complexity index is 165. The first-order chi connectivity index (χ1) is 8.12. The van der Waals surface area contributed by atoms with Gasteiger partial charge in [0.15, 0.2) is 0 Å². The molecule has 0 atom stereocenters. The van der Waals surface area contributed by atoms with Crippen LogP contribution in [0.3, 0.4) is 0 Å². The first-order valence-corrected chi connectivity index (χ1v) is 6.01. The van der Waals surface area contributed by atoms with Gasteiger partial charge in [0.2, 0.25) is 0 Å². The molecule has 5 heteroatoms. The van der Waals surface area contributed by atoms with E-state index in [0.717, 1.165) is 6.54 Å².